The zero-order valence-electron chi connectivity index (χ0n) is 16.4. The van der Waals surface area contributed by atoms with Crippen molar-refractivity contribution in [3.63, 3.8) is 0 Å². The molecule has 0 spiro atoms. The summed E-state index contributed by atoms with van der Waals surface area (Å²) in [4.78, 5) is 0. The smallest absolute Gasteiger partial charge is 0.123 e. The summed E-state index contributed by atoms with van der Waals surface area (Å²) in [5.41, 5.74) is 1.69. The molecule has 6 nitrogen and oxygen atoms in total. The van der Waals surface area contributed by atoms with Crippen molar-refractivity contribution in [2.24, 2.45) is 0 Å². The van der Waals surface area contributed by atoms with Gasteiger partial charge >= 0.3 is 0 Å². The van der Waals surface area contributed by atoms with Gasteiger partial charge < -0.3 is 28.8 Å². The van der Waals surface area contributed by atoms with Crippen LogP contribution >= 0.6 is 0 Å². The van der Waals surface area contributed by atoms with Gasteiger partial charge in [0, 0.05) is 13.0 Å². The van der Waals surface area contributed by atoms with Gasteiger partial charge in [0.25, 0.3) is 0 Å². The molecule has 0 saturated carbocycles. The summed E-state index contributed by atoms with van der Waals surface area (Å²) >= 11 is 0. The van der Waals surface area contributed by atoms with E-state index in [9.17, 15) is 5.11 Å². The Morgan fingerprint density at radius 2 is 1.39 bits per heavy atom. The summed E-state index contributed by atoms with van der Waals surface area (Å²) in [6.07, 6.45) is 0.490. The fraction of sp³-hybridized carbons (Fsp3) is 0.455. The molecule has 1 saturated heterocycles. The van der Waals surface area contributed by atoms with Crippen LogP contribution in [0.25, 0.3) is 0 Å². The Morgan fingerprint density at radius 3 is 1.86 bits per heavy atom. The highest BCUT2D eigenvalue weighted by atomic mass is 16.6. The number of ether oxygens (including phenoxy) is 5. The summed E-state index contributed by atoms with van der Waals surface area (Å²) in [6.45, 7) is 1.96. The molecule has 152 valence electrons. The van der Waals surface area contributed by atoms with E-state index >= 15 is 0 Å². The van der Waals surface area contributed by atoms with E-state index in [1.807, 2.05) is 48.5 Å². The summed E-state index contributed by atoms with van der Waals surface area (Å²) in [6, 6.07) is 15.6. The molecular weight excluding hydrogens is 360 g/mol. The molecule has 1 fully saturated rings. The van der Waals surface area contributed by atoms with Gasteiger partial charge in [-0.2, -0.15) is 0 Å². The molecule has 2 aromatic rings. The molecule has 0 unspecified atom stereocenters. The highest BCUT2D eigenvalue weighted by Crippen LogP contribution is 2.40. The molecule has 0 aromatic heterocycles. The second-order valence-corrected chi connectivity index (χ2v) is 6.85. The lowest BCUT2D eigenvalue weighted by Gasteiger charge is -2.14. The van der Waals surface area contributed by atoms with Gasteiger partial charge in [-0.05, 0) is 35.4 Å². The van der Waals surface area contributed by atoms with E-state index in [-0.39, 0.29) is 12.7 Å². The van der Waals surface area contributed by atoms with Crippen LogP contribution in [0.4, 0.5) is 0 Å². The number of hydrogen-bond donors (Lipinski definition) is 1. The molecule has 1 aliphatic rings. The molecule has 1 N–H and O–H groups in total. The van der Waals surface area contributed by atoms with E-state index in [0.717, 1.165) is 22.6 Å². The molecule has 0 amide bonds. The van der Waals surface area contributed by atoms with Gasteiger partial charge in [0.1, 0.15) is 23.2 Å². The maximum atomic E-state index is 9.45. The fourth-order valence-corrected chi connectivity index (χ4v) is 3.09. The fourth-order valence-electron chi connectivity index (χ4n) is 3.09. The summed E-state index contributed by atoms with van der Waals surface area (Å²) in [7, 11) is 3.29. The van der Waals surface area contributed by atoms with Crippen LogP contribution in [-0.4, -0.2) is 50.9 Å². The topological polar surface area (TPSA) is 69.7 Å². The van der Waals surface area contributed by atoms with Crippen LogP contribution in [0.3, 0.4) is 0 Å². The third-order valence-electron chi connectivity index (χ3n) is 4.94. The van der Waals surface area contributed by atoms with E-state index in [1.54, 1.807) is 14.2 Å². The highest BCUT2D eigenvalue weighted by Gasteiger charge is 2.55. The van der Waals surface area contributed by atoms with Crippen molar-refractivity contribution in [1.82, 2.24) is 0 Å². The van der Waals surface area contributed by atoms with Crippen molar-refractivity contribution in [1.29, 1.82) is 0 Å². The van der Waals surface area contributed by atoms with Crippen LogP contribution in [0.5, 0.6) is 11.5 Å². The van der Waals surface area contributed by atoms with Crippen LogP contribution < -0.4 is 9.47 Å². The van der Waals surface area contributed by atoms with E-state index in [2.05, 4.69) is 0 Å². The van der Waals surface area contributed by atoms with Gasteiger partial charge in [0.2, 0.25) is 0 Å². The lowest BCUT2D eigenvalue weighted by atomic mass is 10.0. The first-order chi connectivity index (χ1) is 13.7. The average Bonchev–Trinajstić information content (AvgIpc) is 3.45. The first-order valence-corrected chi connectivity index (χ1v) is 9.39. The number of methoxy groups -OCH3 is 2. The van der Waals surface area contributed by atoms with Gasteiger partial charge in [0.15, 0.2) is 0 Å². The number of epoxide rings is 1. The second-order valence-electron chi connectivity index (χ2n) is 6.85. The zero-order chi connectivity index (χ0) is 19.8. The van der Waals surface area contributed by atoms with Gasteiger partial charge in [-0.3, -0.25) is 0 Å². The average molecular weight is 388 g/mol. The molecule has 3 rings (SSSR count). The quantitative estimate of drug-likeness (QED) is 0.445. The maximum Gasteiger partial charge on any atom is 0.123 e. The number of aliphatic hydroxyl groups excluding tert-OH is 1. The molecule has 0 radical (unpaired) electrons. The van der Waals surface area contributed by atoms with Gasteiger partial charge in [0.05, 0.1) is 40.6 Å². The highest BCUT2D eigenvalue weighted by molar-refractivity contribution is 5.27. The third-order valence-corrected chi connectivity index (χ3v) is 4.94. The van der Waals surface area contributed by atoms with E-state index in [1.165, 1.54) is 0 Å². The molecule has 6 heteroatoms. The molecule has 1 aliphatic heterocycles. The number of rotatable bonds is 12. The summed E-state index contributed by atoms with van der Waals surface area (Å²) in [5, 5.41) is 9.45. The lowest BCUT2D eigenvalue weighted by molar-refractivity contribution is 0.0407. The van der Waals surface area contributed by atoms with E-state index in [0.29, 0.717) is 32.8 Å². The van der Waals surface area contributed by atoms with Crippen molar-refractivity contribution >= 4 is 0 Å². The van der Waals surface area contributed by atoms with Crippen LogP contribution in [0, 0.1) is 0 Å². The molecule has 1 heterocycles. The first kappa shape index (κ1) is 20.6. The normalized spacial score (nSPS) is 20.8. The van der Waals surface area contributed by atoms with Gasteiger partial charge in [-0.25, -0.2) is 0 Å². The Balaban J connectivity index is 1.40. The summed E-state index contributed by atoms with van der Waals surface area (Å²) < 4.78 is 27.7. The van der Waals surface area contributed by atoms with Crippen molar-refractivity contribution in [3.8, 4) is 11.5 Å². The molecule has 28 heavy (non-hydrogen) atoms. The van der Waals surface area contributed by atoms with E-state index < -0.39 is 5.60 Å². The number of hydrogen-bond acceptors (Lipinski definition) is 6. The molecular formula is C22H28O6. The minimum absolute atomic E-state index is 0.00955. The first-order valence-electron chi connectivity index (χ1n) is 9.39. The van der Waals surface area contributed by atoms with Crippen molar-refractivity contribution < 1.29 is 28.8 Å². The Kier molecular flexibility index (Phi) is 7.28. The summed E-state index contributed by atoms with van der Waals surface area (Å²) in [5.74, 6) is 1.65. The van der Waals surface area contributed by atoms with E-state index in [4.69, 9.17) is 23.7 Å². The molecule has 2 aromatic carbocycles. The predicted molar refractivity (Wildman–Crippen MR) is 105 cm³/mol. The third kappa shape index (κ3) is 5.45. The van der Waals surface area contributed by atoms with Crippen molar-refractivity contribution in [2.75, 3.05) is 34.0 Å². The minimum atomic E-state index is -0.457. The standard InChI is InChI=1S/C22H28O6/c1-24-19-7-3-17(4-8-19)14-26-12-11-22(21(13-23)28-22)16-27-15-18-5-9-20(25-2)10-6-18/h3-10,21,23H,11-16H2,1-2H3/t21-,22+/m0/s1. The predicted octanol–water partition coefficient (Wildman–Crippen LogP) is 2.96. The Labute approximate surface area is 165 Å². The second kappa shape index (κ2) is 9.89. The number of aliphatic hydroxyl groups is 1. The molecule has 0 bridgehead atoms. The SMILES string of the molecule is COc1ccc(COCC[C@]2(COCc3ccc(OC)cc3)O[C@H]2CO)cc1. The monoisotopic (exact) mass is 388 g/mol. The van der Waals surface area contributed by atoms with Crippen LogP contribution in [0.2, 0.25) is 0 Å². The number of benzene rings is 2. The zero-order valence-corrected chi connectivity index (χ0v) is 16.4. The lowest BCUT2D eigenvalue weighted by Crippen LogP contribution is -2.26. The van der Waals surface area contributed by atoms with Crippen molar-refractivity contribution in [3.05, 3.63) is 59.7 Å². The molecule has 2 atom stereocenters. The largest absolute Gasteiger partial charge is 0.497 e. The van der Waals surface area contributed by atoms with Crippen LogP contribution in [-0.2, 0) is 27.4 Å². The molecule has 0 aliphatic carbocycles. The Bertz CT molecular complexity index is 715. The van der Waals surface area contributed by atoms with Gasteiger partial charge in [-0.1, -0.05) is 24.3 Å². The van der Waals surface area contributed by atoms with Crippen LogP contribution in [0.1, 0.15) is 17.5 Å². The van der Waals surface area contributed by atoms with Gasteiger partial charge in [-0.15, -0.1) is 0 Å². The Morgan fingerprint density at radius 1 is 0.857 bits per heavy atom. The Hall–Kier alpha value is -2.12. The maximum absolute atomic E-state index is 9.45. The van der Waals surface area contributed by atoms with Crippen LogP contribution in [0.15, 0.2) is 48.5 Å². The van der Waals surface area contributed by atoms with Crippen molar-refractivity contribution in [2.45, 2.75) is 31.3 Å². The minimum Gasteiger partial charge on any atom is -0.497 e.